The highest BCUT2D eigenvalue weighted by atomic mass is 16.3. The minimum absolute atomic E-state index is 0.379. The Hall–Kier alpha value is -1.43. The second-order valence-electron chi connectivity index (χ2n) is 17.4. The number of allylic oxidation sites excluding steroid dienone is 5. The summed E-state index contributed by atoms with van der Waals surface area (Å²) in [6.07, 6.45) is 60.6. The van der Waals surface area contributed by atoms with Crippen LogP contribution in [0, 0.1) is 0 Å². The first-order chi connectivity index (χ1) is 28.1. The Labute approximate surface area is 355 Å². The number of nitrogens with one attached hydrogen (secondary N) is 1. The molecule has 4 N–H and O–H groups in total. The van der Waals surface area contributed by atoms with Crippen molar-refractivity contribution in [2.45, 2.75) is 283 Å². The molecule has 3 atom stereocenters. The highest BCUT2D eigenvalue weighted by molar-refractivity contribution is 5.80. The van der Waals surface area contributed by atoms with Crippen molar-refractivity contribution in [3.05, 3.63) is 36.5 Å². The fraction of sp³-hybridized carbons (Fsp3) is 0.865. The van der Waals surface area contributed by atoms with E-state index in [0.29, 0.717) is 6.42 Å². The molecule has 336 valence electrons. The molecule has 0 saturated carbocycles. The molecule has 5 heteroatoms. The Balaban J connectivity index is 3.63. The second kappa shape index (κ2) is 47.3. The molecule has 0 heterocycles. The molecule has 0 aliphatic carbocycles. The lowest BCUT2D eigenvalue weighted by Crippen LogP contribution is -2.48. The molecule has 0 radical (unpaired) electrons. The highest BCUT2D eigenvalue weighted by Gasteiger charge is 2.22. The second-order valence-corrected chi connectivity index (χ2v) is 17.4. The highest BCUT2D eigenvalue weighted by Crippen LogP contribution is 2.17. The van der Waals surface area contributed by atoms with Crippen molar-refractivity contribution in [1.29, 1.82) is 0 Å². The van der Waals surface area contributed by atoms with Gasteiger partial charge < -0.3 is 20.6 Å². The molecule has 0 aliphatic rings. The van der Waals surface area contributed by atoms with E-state index >= 15 is 0 Å². The summed E-state index contributed by atoms with van der Waals surface area (Å²) in [5.74, 6) is -0.513. The quantitative estimate of drug-likeness (QED) is 0.0365. The Morgan fingerprint density at radius 1 is 0.421 bits per heavy atom. The Bertz CT molecular complexity index is 885. The van der Waals surface area contributed by atoms with Gasteiger partial charge in [-0.15, -0.1) is 0 Å². The summed E-state index contributed by atoms with van der Waals surface area (Å²) in [7, 11) is 0. The van der Waals surface area contributed by atoms with Gasteiger partial charge in [0, 0.05) is 0 Å². The summed E-state index contributed by atoms with van der Waals surface area (Å²) in [6.45, 7) is 4.18. The third-order valence-electron chi connectivity index (χ3n) is 11.7. The Morgan fingerprint density at radius 2 is 0.719 bits per heavy atom. The monoisotopic (exact) mass is 802 g/mol. The van der Waals surface area contributed by atoms with E-state index < -0.39 is 24.2 Å². The average Bonchev–Trinajstić information content (AvgIpc) is 3.22. The van der Waals surface area contributed by atoms with Crippen LogP contribution in [0.3, 0.4) is 0 Å². The van der Waals surface area contributed by atoms with Crippen molar-refractivity contribution in [2.75, 3.05) is 6.61 Å². The van der Waals surface area contributed by atoms with E-state index in [1.165, 1.54) is 199 Å². The van der Waals surface area contributed by atoms with Crippen LogP contribution in [0.1, 0.15) is 264 Å². The number of aliphatic hydroxyl groups is 3. The maximum absolute atomic E-state index is 12.5. The molecule has 0 aromatic heterocycles. The minimum Gasteiger partial charge on any atom is -0.394 e. The number of aliphatic hydroxyl groups excluding tert-OH is 3. The molecule has 57 heavy (non-hydrogen) atoms. The number of unbranched alkanes of at least 4 members (excludes halogenated alkanes) is 34. The van der Waals surface area contributed by atoms with Gasteiger partial charge in [0.1, 0.15) is 6.10 Å². The number of carbonyl (C=O) groups excluding carboxylic acids is 1. The van der Waals surface area contributed by atoms with Gasteiger partial charge >= 0.3 is 0 Å². The molecule has 0 saturated heterocycles. The van der Waals surface area contributed by atoms with Crippen LogP contribution in [0.25, 0.3) is 0 Å². The minimum atomic E-state index is -1.11. The largest absolute Gasteiger partial charge is 0.394 e. The van der Waals surface area contributed by atoms with E-state index in [2.05, 4.69) is 43.5 Å². The van der Waals surface area contributed by atoms with Crippen LogP contribution >= 0.6 is 0 Å². The van der Waals surface area contributed by atoms with Crippen LogP contribution in [-0.4, -0.2) is 46.1 Å². The lowest BCUT2D eigenvalue weighted by molar-refractivity contribution is -0.131. The number of carbonyl (C=O) groups is 1. The molecule has 0 bridgehead atoms. The summed E-state index contributed by atoms with van der Waals surface area (Å²) in [5, 5.41) is 33.2. The number of hydrogen-bond acceptors (Lipinski definition) is 4. The SMILES string of the molecule is CCCCCCCCCC/C=C/CC/C=C/CC/C=C/C(O)C(CO)NC(=O)C(O)CCCCCCCCCCCCCCCCCCCCCCCCCCC. The molecule has 0 aromatic rings. The molecule has 0 aromatic carbocycles. The molecule has 3 unspecified atom stereocenters. The predicted molar refractivity (Wildman–Crippen MR) is 250 cm³/mol. The zero-order chi connectivity index (χ0) is 41.5. The van der Waals surface area contributed by atoms with Crippen molar-refractivity contribution >= 4 is 5.91 Å². The number of rotatable bonds is 46. The predicted octanol–water partition coefficient (Wildman–Crippen LogP) is 15.1. The van der Waals surface area contributed by atoms with E-state index in [1.807, 2.05) is 6.08 Å². The summed E-state index contributed by atoms with van der Waals surface area (Å²) in [4.78, 5) is 12.5. The van der Waals surface area contributed by atoms with Crippen molar-refractivity contribution in [3.8, 4) is 0 Å². The Morgan fingerprint density at radius 3 is 1.07 bits per heavy atom. The zero-order valence-corrected chi connectivity index (χ0v) is 38.2. The zero-order valence-electron chi connectivity index (χ0n) is 38.2. The fourth-order valence-corrected chi connectivity index (χ4v) is 7.75. The van der Waals surface area contributed by atoms with E-state index in [4.69, 9.17) is 0 Å². The smallest absolute Gasteiger partial charge is 0.249 e. The van der Waals surface area contributed by atoms with Crippen LogP contribution in [0.15, 0.2) is 36.5 Å². The van der Waals surface area contributed by atoms with Crippen molar-refractivity contribution in [1.82, 2.24) is 5.32 Å². The normalized spacial score (nSPS) is 13.7. The first-order valence-electron chi connectivity index (χ1n) is 25.3. The van der Waals surface area contributed by atoms with Gasteiger partial charge in [-0.2, -0.15) is 0 Å². The summed E-state index contributed by atoms with van der Waals surface area (Å²) < 4.78 is 0. The van der Waals surface area contributed by atoms with Gasteiger partial charge in [-0.05, 0) is 44.9 Å². The van der Waals surface area contributed by atoms with Gasteiger partial charge in [-0.3, -0.25) is 4.79 Å². The van der Waals surface area contributed by atoms with Crippen LogP contribution in [0.2, 0.25) is 0 Å². The van der Waals surface area contributed by atoms with Crippen molar-refractivity contribution < 1.29 is 20.1 Å². The van der Waals surface area contributed by atoms with Gasteiger partial charge in [-0.1, -0.05) is 256 Å². The molecule has 0 aliphatic heterocycles. The molecular weight excluding hydrogens is 703 g/mol. The third-order valence-corrected chi connectivity index (χ3v) is 11.7. The molecule has 1 amide bonds. The Kier molecular flexibility index (Phi) is 46.1. The van der Waals surface area contributed by atoms with E-state index in [9.17, 15) is 20.1 Å². The lowest BCUT2D eigenvalue weighted by Gasteiger charge is -2.21. The van der Waals surface area contributed by atoms with Crippen LogP contribution in [0.5, 0.6) is 0 Å². The number of amides is 1. The van der Waals surface area contributed by atoms with E-state index in [0.717, 1.165) is 44.9 Å². The summed E-state index contributed by atoms with van der Waals surface area (Å²) in [5.41, 5.74) is 0. The van der Waals surface area contributed by atoms with Crippen LogP contribution < -0.4 is 5.32 Å². The first-order valence-corrected chi connectivity index (χ1v) is 25.3. The molecule has 0 rings (SSSR count). The maximum atomic E-state index is 12.5. The van der Waals surface area contributed by atoms with Crippen molar-refractivity contribution in [3.63, 3.8) is 0 Å². The maximum Gasteiger partial charge on any atom is 0.249 e. The standard InChI is InChI=1S/C52H99NO4/c1-3-5-7-9-11-13-15-17-19-21-23-24-25-26-27-28-29-31-33-35-37-39-41-43-45-47-51(56)52(57)53-49(48-54)50(55)46-44-42-40-38-36-34-32-30-22-20-18-16-14-12-10-8-6-4-2/h22,30,36,38,44,46,49-51,54-56H,3-21,23-29,31-35,37,39-43,45,47-48H2,1-2H3,(H,53,57)/b30-22+,38-36+,46-44+. The molecular formula is C52H99NO4. The third kappa shape index (κ3) is 42.5. The summed E-state index contributed by atoms with van der Waals surface area (Å²) in [6, 6.07) is -0.819. The van der Waals surface area contributed by atoms with Crippen LogP contribution in [0.4, 0.5) is 0 Å². The molecule has 0 fully saturated rings. The van der Waals surface area contributed by atoms with Gasteiger partial charge in [0.15, 0.2) is 0 Å². The topological polar surface area (TPSA) is 89.8 Å². The number of hydrogen-bond donors (Lipinski definition) is 4. The van der Waals surface area contributed by atoms with E-state index in [1.54, 1.807) is 6.08 Å². The van der Waals surface area contributed by atoms with Gasteiger partial charge in [0.25, 0.3) is 0 Å². The summed E-state index contributed by atoms with van der Waals surface area (Å²) >= 11 is 0. The molecule has 0 spiro atoms. The van der Waals surface area contributed by atoms with Gasteiger partial charge in [-0.25, -0.2) is 0 Å². The van der Waals surface area contributed by atoms with Crippen molar-refractivity contribution in [2.24, 2.45) is 0 Å². The lowest BCUT2D eigenvalue weighted by atomic mass is 10.0. The first kappa shape index (κ1) is 55.6. The fourth-order valence-electron chi connectivity index (χ4n) is 7.75. The average molecular weight is 802 g/mol. The molecule has 5 nitrogen and oxygen atoms in total. The van der Waals surface area contributed by atoms with Gasteiger partial charge in [0.2, 0.25) is 5.91 Å². The van der Waals surface area contributed by atoms with E-state index in [-0.39, 0.29) is 6.61 Å². The van der Waals surface area contributed by atoms with Crippen LogP contribution in [-0.2, 0) is 4.79 Å². The van der Waals surface area contributed by atoms with Gasteiger partial charge in [0.05, 0.1) is 18.8 Å².